The summed E-state index contributed by atoms with van der Waals surface area (Å²) in [5.74, 6) is 0.0502. The molecule has 0 heterocycles. The van der Waals surface area contributed by atoms with Gasteiger partial charge in [-0.25, -0.2) is 0 Å². The molecule has 0 aliphatic heterocycles. The quantitative estimate of drug-likeness (QED) is 0.815. The molecule has 1 N–H and O–H groups in total. The number of ether oxygens (including phenoxy) is 1. The van der Waals surface area contributed by atoms with Crippen molar-refractivity contribution in [3.8, 4) is 0 Å². The highest BCUT2D eigenvalue weighted by molar-refractivity contribution is 5.94. The number of hydrogen-bond donors (Lipinski definition) is 1. The molecule has 0 aromatic heterocycles. The molecule has 2 aliphatic rings. The summed E-state index contributed by atoms with van der Waals surface area (Å²) >= 11 is 0. The number of fused-ring (bicyclic) bond motifs is 1. The van der Waals surface area contributed by atoms with Crippen molar-refractivity contribution in [1.29, 1.82) is 0 Å². The number of amides is 1. The van der Waals surface area contributed by atoms with Gasteiger partial charge in [0.05, 0.1) is 6.10 Å². The Kier molecular flexibility index (Phi) is 5.49. The molecular formula is C19H27NO2. The SMILES string of the molecule is O=C(NCCCOC1CCCC1)c1ccc2c(c1)CCCC2. The highest BCUT2D eigenvalue weighted by atomic mass is 16.5. The van der Waals surface area contributed by atoms with Crippen molar-refractivity contribution >= 4 is 5.91 Å². The second-order valence-electron chi connectivity index (χ2n) is 6.58. The summed E-state index contributed by atoms with van der Waals surface area (Å²) in [6.45, 7) is 1.46. The van der Waals surface area contributed by atoms with Gasteiger partial charge in [0.15, 0.2) is 0 Å². The van der Waals surface area contributed by atoms with Crippen LogP contribution in [-0.2, 0) is 17.6 Å². The second-order valence-corrected chi connectivity index (χ2v) is 6.58. The highest BCUT2D eigenvalue weighted by Crippen LogP contribution is 2.22. The van der Waals surface area contributed by atoms with Gasteiger partial charge in [-0.15, -0.1) is 0 Å². The summed E-state index contributed by atoms with van der Waals surface area (Å²) in [6.07, 6.45) is 11.2. The Morgan fingerprint density at radius 2 is 1.86 bits per heavy atom. The normalized spacial score (nSPS) is 18.2. The lowest BCUT2D eigenvalue weighted by Crippen LogP contribution is -2.26. The van der Waals surface area contributed by atoms with E-state index in [4.69, 9.17) is 4.74 Å². The van der Waals surface area contributed by atoms with Crippen LogP contribution in [0.15, 0.2) is 18.2 Å². The molecule has 2 aliphatic carbocycles. The van der Waals surface area contributed by atoms with Crippen molar-refractivity contribution in [2.75, 3.05) is 13.2 Å². The zero-order valence-electron chi connectivity index (χ0n) is 13.4. The smallest absolute Gasteiger partial charge is 0.251 e. The third kappa shape index (κ3) is 4.10. The number of carbonyl (C=O) groups excluding carboxylic acids is 1. The molecule has 0 atom stereocenters. The Balaban J connectivity index is 1.40. The minimum absolute atomic E-state index is 0.0502. The minimum Gasteiger partial charge on any atom is -0.378 e. The Labute approximate surface area is 133 Å². The molecule has 0 spiro atoms. The monoisotopic (exact) mass is 301 g/mol. The van der Waals surface area contributed by atoms with Gasteiger partial charge in [0.25, 0.3) is 5.91 Å². The van der Waals surface area contributed by atoms with Crippen molar-refractivity contribution in [2.24, 2.45) is 0 Å². The van der Waals surface area contributed by atoms with Gasteiger partial charge in [0, 0.05) is 18.7 Å². The van der Waals surface area contributed by atoms with Crippen molar-refractivity contribution in [3.05, 3.63) is 34.9 Å². The molecule has 1 amide bonds. The molecule has 0 bridgehead atoms. The molecule has 22 heavy (non-hydrogen) atoms. The molecule has 3 rings (SSSR count). The first-order chi connectivity index (χ1) is 10.8. The molecule has 0 saturated heterocycles. The molecule has 0 radical (unpaired) electrons. The number of nitrogens with one attached hydrogen (secondary N) is 1. The lowest BCUT2D eigenvalue weighted by atomic mass is 9.90. The first kappa shape index (κ1) is 15.5. The number of hydrogen-bond acceptors (Lipinski definition) is 2. The number of aryl methyl sites for hydroxylation is 2. The van der Waals surface area contributed by atoms with Crippen LogP contribution in [0.5, 0.6) is 0 Å². The zero-order chi connectivity index (χ0) is 15.2. The second kappa shape index (κ2) is 7.77. The average molecular weight is 301 g/mol. The van der Waals surface area contributed by atoms with E-state index in [-0.39, 0.29) is 5.91 Å². The summed E-state index contributed by atoms with van der Waals surface area (Å²) in [5.41, 5.74) is 3.59. The molecule has 0 unspecified atom stereocenters. The molecule has 3 heteroatoms. The average Bonchev–Trinajstić information content (AvgIpc) is 3.07. The van der Waals surface area contributed by atoms with Gasteiger partial charge < -0.3 is 10.1 Å². The fourth-order valence-electron chi connectivity index (χ4n) is 3.56. The van der Waals surface area contributed by atoms with Gasteiger partial charge >= 0.3 is 0 Å². The maximum absolute atomic E-state index is 12.2. The molecule has 1 aromatic rings. The number of rotatable bonds is 6. The fourth-order valence-corrected chi connectivity index (χ4v) is 3.56. The summed E-state index contributed by atoms with van der Waals surface area (Å²) in [4.78, 5) is 12.2. The Morgan fingerprint density at radius 3 is 2.68 bits per heavy atom. The van der Waals surface area contributed by atoms with Crippen LogP contribution in [0, 0.1) is 0 Å². The zero-order valence-corrected chi connectivity index (χ0v) is 13.4. The van der Waals surface area contributed by atoms with E-state index in [0.29, 0.717) is 12.6 Å². The van der Waals surface area contributed by atoms with E-state index in [1.807, 2.05) is 6.07 Å². The van der Waals surface area contributed by atoms with E-state index in [9.17, 15) is 4.79 Å². The lowest BCUT2D eigenvalue weighted by molar-refractivity contribution is 0.0565. The third-order valence-electron chi connectivity index (χ3n) is 4.87. The molecule has 120 valence electrons. The van der Waals surface area contributed by atoms with Gasteiger partial charge in [0.2, 0.25) is 0 Å². The summed E-state index contributed by atoms with van der Waals surface area (Å²) in [7, 11) is 0. The third-order valence-corrected chi connectivity index (χ3v) is 4.87. The van der Waals surface area contributed by atoms with Crippen LogP contribution >= 0.6 is 0 Å². The minimum atomic E-state index is 0.0502. The van der Waals surface area contributed by atoms with Gasteiger partial charge in [-0.2, -0.15) is 0 Å². The number of benzene rings is 1. The van der Waals surface area contributed by atoms with Crippen LogP contribution in [-0.4, -0.2) is 25.2 Å². The van der Waals surface area contributed by atoms with Gasteiger partial charge in [0.1, 0.15) is 0 Å². The van der Waals surface area contributed by atoms with E-state index >= 15 is 0 Å². The summed E-state index contributed by atoms with van der Waals surface area (Å²) < 4.78 is 5.81. The maximum atomic E-state index is 12.2. The maximum Gasteiger partial charge on any atom is 0.251 e. The topological polar surface area (TPSA) is 38.3 Å². The predicted molar refractivity (Wildman–Crippen MR) is 88.2 cm³/mol. The van der Waals surface area contributed by atoms with Crippen LogP contribution in [0.3, 0.4) is 0 Å². The van der Waals surface area contributed by atoms with Crippen molar-refractivity contribution in [3.63, 3.8) is 0 Å². The van der Waals surface area contributed by atoms with Crippen molar-refractivity contribution < 1.29 is 9.53 Å². The molecule has 3 nitrogen and oxygen atoms in total. The number of carbonyl (C=O) groups is 1. The highest BCUT2D eigenvalue weighted by Gasteiger charge is 2.15. The summed E-state index contributed by atoms with van der Waals surface area (Å²) in [5, 5.41) is 3.01. The van der Waals surface area contributed by atoms with Crippen LogP contribution in [0.1, 0.15) is 66.4 Å². The van der Waals surface area contributed by atoms with Crippen LogP contribution in [0.25, 0.3) is 0 Å². The van der Waals surface area contributed by atoms with Gasteiger partial charge in [-0.3, -0.25) is 4.79 Å². The van der Waals surface area contributed by atoms with Crippen molar-refractivity contribution in [1.82, 2.24) is 5.32 Å². The van der Waals surface area contributed by atoms with Crippen LogP contribution < -0.4 is 5.32 Å². The van der Waals surface area contributed by atoms with E-state index in [2.05, 4.69) is 17.4 Å². The van der Waals surface area contributed by atoms with Gasteiger partial charge in [-0.1, -0.05) is 18.9 Å². The molecule has 1 aromatic carbocycles. The largest absolute Gasteiger partial charge is 0.378 e. The Hall–Kier alpha value is -1.35. The van der Waals surface area contributed by atoms with E-state index in [1.54, 1.807) is 0 Å². The molecular weight excluding hydrogens is 274 g/mol. The Bertz CT molecular complexity index is 506. The summed E-state index contributed by atoms with van der Waals surface area (Å²) in [6, 6.07) is 6.18. The van der Waals surface area contributed by atoms with Crippen molar-refractivity contribution in [2.45, 2.75) is 63.9 Å². The van der Waals surface area contributed by atoms with Crippen LogP contribution in [0.4, 0.5) is 0 Å². The fraction of sp³-hybridized carbons (Fsp3) is 0.632. The predicted octanol–water partition coefficient (Wildman–Crippen LogP) is 3.64. The lowest BCUT2D eigenvalue weighted by Gasteiger charge is -2.16. The first-order valence-corrected chi connectivity index (χ1v) is 8.84. The van der Waals surface area contributed by atoms with Gasteiger partial charge in [-0.05, 0) is 68.2 Å². The molecule has 1 fully saturated rings. The van der Waals surface area contributed by atoms with E-state index < -0.39 is 0 Å². The Morgan fingerprint density at radius 1 is 1.09 bits per heavy atom. The van der Waals surface area contributed by atoms with Crippen LogP contribution in [0.2, 0.25) is 0 Å². The van der Waals surface area contributed by atoms with E-state index in [0.717, 1.165) is 31.4 Å². The standard InChI is InChI=1S/C19H27NO2/c21-19(20-12-5-13-22-18-8-3-4-9-18)17-11-10-15-6-1-2-7-16(15)14-17/h10-11,14,18H,1-9,12-13H2,(H,20,21). The van der Waals surface area contributed by atoms with E-state index in [1.165, 1.54) is 49.7 Å². The molecule has 1 saturated carbocycles. The first-order valence-electron chi connectivity index (χ1n) is 8.84.